The largest absolute Gasteiger partial charge is 1.00 e. The minimum absolute atomic E-state index is 0. The van der Waals surface area contributed by atoms with Gasteiger partial charge in [-0.1, -0.05) is 60.7 Å². The van der Waals surface area contributed by atoms with E-state index in [-0.39, 0.29) is 99.8 Å². The molecule has 0 aliphatic carbocycles. The number of hydrogen-bond donors (Lipinski definition) is 0. The van der Waals surface area contributed by atoms with E-state index in [0.717, 1.165) is 0 Å². The minimum Gasteiger partial charge on any atom is -0.545 e. The molecule has 0 radical (unpaired) electrons. The molecule has 2 aromatic carbocycles. The molecule has 92 valence electrons. The van der Waals surface area contributed by atoms with Gasteiger partial charge >= 0.3 is 88.7 Å². The van der Waals surface area contributed by atoms with Crippen LogP contribution < -0.4 is 98.9 Å². The molecule has 0 unspecified atom stereocenters. The van der Waals surface area contributed by atoms with Gasteiger partial charge in [0.2, 0.25) is 0 Å². The van der Waals surface area contributed by atoms with Crippen molar-refractivity contribution in [1.82, 2.24) is 0 Å². The molecule has 0 N–H and O–H groups in total. The van der Waals surface area contributed by atoms with Gasteiger partial charge in [0.15, 0.2) is 0 Å². The molecule has 0 bridgehead atoms. The summed E-state index contributed by atoms with van der Waals surface area (Å²) in [6.45, 7) is 0. The summed E-state index contributed by atoms with van der Waals surface area (Å²) >= 11 is 0. The Morgan fingerprint density at radius 1 is 0.571 bits per heavy atom. The summed E-state index contributed by atoms with van der Waals surface area (Å²) in [7, 11) is 0. The maximum Gasteiger partial charge on any atom is 1.00 e. The van der Waals surface area contributed by atoms with Gasteiger partial charge in [-0.3, -0.25) is 0 Å². The van der Waals surface area contributed by atoms with Gasteiger partial charge in [-0.25, -0.2) is 0 Å². The van der Waals surface area contributed by atoms with E-state index >= 15 is 0 Å². The molecule has 0 saturated heterocycles. The van der Waals surface area contributed by atoms with Crippen LogP contribution in [-0.4, -0.2) is 11.9 Å². The van der Waals surface area contributed by atoms with Crippen LogP contribution in [0.5, 0.6) is 0 Å². The number of aromatic carboxylic acids is 2. The molecule has 0 aromatic heterocycles. The standard InChI is InChI=1S/2C7H6O2.3Na/c2*8-7(9)6-4-2-1-3-5-6;;;/h2*1-5H,(H,8,9);;;/q;;3*+1/p-2. The third kappa shape index (κ3) is 11.6. The Labute approximate surface area is 189 Å². The molecule has 0 aliphatic heterocycles. The second-order valence-electron chi connectivity index (χ2n) is 3.31. The third-order valence-electron chi connectivity index (χ3n) is 2.02. The monoisotopic (exact) mass is 311 g/mol. The second-order valence-corrected chi connectivity index (χ2v) is 3.31. The summed E-state index contributed by atoms with van der Waals surface area (Å²) in [5.74, 6) is -2.26. The Hall–Kier alpha value is 0.380. The fourth-order valence-corrected chi connectivity index (χ4v) is 1.15. The van der Waals surface area contributed by atoms with Crippen LogP contribution >= 0.6 is 0 Å². The molecule has 7 heteroatoms. The van der Waals surface area contributed by atoms with Gasteiger partial charge in [0.05, 0.1) is 11.9 Å². The minimum atomic E-state index is -1.13. The molecular weight excluding hydrogens is 301 g/mol. The summed E-state index contributed by atoms with van der Waals surface area (Å²) in [6.07, 6.45) is 0. The van der Waals surface area contributed by atoms with Crippen LogP contribution in [0.1, 0.15) is 20.7 Å². The number of rotatable bonds is 2. The van der Waals surface area contributed by atoms with Crippen molar-refractivity contribution in [1.29, 1.82) is 0 Å². The van der Waals surface area contributed by atoms with Gasteiger partial charge in [-0.2, -0.15) is 0 Å². The summed E-state index contributed by atoms with van der Waals surface area (Å²) in [5, 5.41) is 20.2. The zero-order valence-electron chi connectivity index (χ0n) is 12.4. The molecule has 0 aliphatic rings. The van der Waals surface area contributed by atoms with Crippen LogP contribution in [0.3, 0.4) is 0 Å². The predicted molar refractivity (Wildman–Crippen MR) is 61.5 cm³/mol. The normalized spacial score (nSPS) is 7.62. The zero-order valence-corrected chi connectivity index (χ0v) is 18.4. The first-order chi connectivity index (χ1) is 8.61. The number of benzene rings is 2. The fraction of sp³-hybridized carbons (Fsp3) is 0. The molecule has 0 fully saturated rings. The maximum atomic E-state index is 10.1. The average Bonchev–Trinajstić information content (AvgIpc) is 2.41. The second kappa shape index (κ2) is 15.3. The topological polar surface area (TPSA) is 80.3 Å². The summed E-state index contributed by atoms with van der Waals surface area (Å²) in [4.78, 5) is 20.2. The number of carboxylic acids is 2. The molecular formula is C14H10Na3O4+. The van der Waals surface area contributed by atoms with E-state index in [2.05, 4.69) is 0 Å². The smallest absolute Gasteiger partial charge is 0.545 e. The number of carboxylic acid groups (broad SMARTS) is 2. The molecule has 0 spiro atoms. The van der Waals surface area contributed by atoms with E-state index < -0.39 is 11.9 Å². The molecule has 0 atom stereocenters. The Balaban J connectivity index is -0.000000270. The molecule has 21 heavy (non-hydrogen) atoms. The third-order valence-corrected chi connectivity index (χ3v) is 2.02. The maximum absolute atomic E-state index is 10.1. The van der Waals surface area contributed by atoms with Crippen molar-refractivity contribution in [3.8, 4) is 0 Å². The van der Waals surface area contributed by atoms with Crippen molar-refractivity contribution in [2.75, 3.05) is 0 Å². The van der Waals surface area contributed by atoms with Crippen molar-refractivity contribution in [3.63, 3.8) is 0 Å². The summed E-state index contributed by atoms with van der Waals surface area (Å²) in [5.41, 5.74) is 0.440. The van der Waals surface area contributed by atoms with Gasteiger partial charge in [0, 0.05) is 0 Å². The van der Waals surface area contributed by atoms with Crippen LogP contribution in [0.25, 0.3) is 0 Å². The number of carbonyl (C=O) groups is 2. The van der Waals surface area contributed by atoms with Gasteiger partial charge in [-0.05, 0) is 11.1 Å². The van der Waals surface area contributed by atoms with Crippen LogP contribution in [0, 0.1) is 0 Å². The van der Waals surface area contributed by atoms with Crippen molar-refractivity contribution >= 4 is 11.9 Å². The first kappa shape index (κ1) is 26.3. The van der Waals surface area contributed by atoms with Gasteiger partial charge in [0.25, 0.3) is 0 Å². The van der Waals surface area contributed by atoms with Crippen molar-refractivity contribution in [2.45, 2.75) is 0 Å². The average molecular weight is 311 g/mol. The van der Waals surface area contributed by atoms with Crippen LogP contribution in [0.2, 0.25) is 0 Å². The van der Waals surface area contributed by atoms with E-state index in [4.69, 9.17) is 0 Å². The zero-order chi connectivity index (χ0) is 13.4. The van der Waals surface area contributed by atoms with Gasteiger partial charge in [-0.15, -0.1) is 0 Å². The van der Waals surface area contributed by atoms with Crippen molar-refractivity contribution in [2.24, 2.45) is 0 Å². The van der Waals surface area contributed by atoms with Gasteiger partial charge in [0.1, 0.15) is 0 Å². The van der Waals surface area contributed by atoms with Crippen LogP contribution in [0.4, 0.5) is 0 Å². The molecule has 0 heterocycles. The molecule has 0 saturated carbocycles. The van der Waals surface area contributed by atoms with Gasteiger partial charge < -0.3 is 19.8 Å². The van der Waals surface area contributed by atoms with Crippen LogP contribution in [-0.2, 0) is 0 Å². The van der Waals surface area contributed by atoms with E-state index in [1.165, 1.54) is 24.3 Å². The first-order valence-electron chi connectivity index (χ1n) is 5.14. The van der Waals surface area contributed by atoms with Crippen LogP contribution in [0.15, 0.2) is 60.7 Å². The van der Waals surface area contributed by atoms with E-state index in [0.29, 0.717) is 0 Å². The Bertz CT molecular complexity index is 469. The fourth-order valence-electron chi connectivity index (χ4n) is 1.15. The van der Waals surface area contributed by atoms with Crippen molar-refractivity contribution < 1.29 is 108 Å². The quantitative estimate of drug-likeness (QED) is 0.516. The first-order valence-corrected chi connectivity index (χ1v) is 5.14. The molecule has 2 rings (SSSR count). The number of carbonyl (C=O) groups excluding carboxylic acids is 2. The summed E-state index contributed by atoms with van der Waals surface area (Å²) < 4.78 is 0. The van der Waals surface area contributed by atoms with Crippen molar-refractivity contribution in [3.05, 3.63) is 71.8 Å². The number of hydrogen-bond acceptors (Lipinski definition) is 4. The Kier molecular flexibility index (Phi) is 19.1. The molecule has 0 amide bonds. The summed E-state index contributed by atoms with van der Waals surface area (Å²) in [6, 6.07) is 16.1. The Morgan fingerprint density at radius 3 is 0.952 bits per heavy atom. The Morgan fingerprint density at radius 2 is 0.810 bits per heavy atom. The van der Waals surface area contributed by atoms with E-state index in [9.17, 15) is 19.8 Å². The molecule has 2 aromatic rings. The van der Waals surface area contributed by atoms with E-state index in [1.54, 1.807) is 36.4 Å². The van der Waals surface area contributed by atoms with E-state index in [1.807, 2.05) is 0 Å². The molecule has 4 nitrogen and oxygen atoms in total. The SMILES string of the molecule is O=C([O-])c1ccccc1.O=C([O-])c1ccccc1.[Na+].[Na+].[Na+]. The predicted octanol–water partition coefficient (Wildman–Crippen LogP) is -8.89.